The van der Waals surface area contributed by atoms with E-state index in [0.29, 0.717) is 16.3 Å². The van der Waals surface area contributed by atoms with Crippen molar-refractivity contribution in [1.82, 2.24) is 15.0 Å². The second-order valence-corrected chi connectivity index (χ2v) is 5.04. The Morgan fingerprint density at radius 2 is 1.77 bits per heavy atom. The number of hydrogen-bond acceptors (Lipinski definition) is 3. The second kappa shape index (κ2) is 6.37. The van der Waals surface area contributed by atoms with Crippen LogP contribution in [-0.4, -0.2) is 20.8 Å². The minimum absolute atomic E-state index is 0.106. The highest BCUT2D eigenvalue weighted by Gasteiger charge is 2.03. The smallest absolute Gasteiger partial charge is 0.185 e. The number of carbonyl (C=O) groups excluding carboxylic acids is 1. The van der Waals surface area contributed by atoms with Gasteiger partial charge < -0.3 is 0 Å². The summed E-state index contributed by atoms with van der Waals surface area (Å²) in [6, 6.07) is 16.3. The summed E-state index contributed by atoms with van der Waals surface area (Å²) in [6.45, 7) is 0. The van der Waals surface area contributed by atoms with Crippen LogP contribution in [0.1, 0.15) is 16.1 Å². The molecule has 0 atom stereocenters. The third kappa shape index (κ3) is 3.30. The van der Waals surface area contributed by atoms with Crippen molar-refractivity contribution in [3.05, 3.63) is 83.2 Å². The maximum absolute atomic E-state index is 12.0. The van der Waals surface area contributed by atoms with Crippen molar-refractivity contribution in [2.45, 2.75) is 0 Å². The molecule has 0 amide bonds. The Bertz CT molecular complexity index is 807. The van der Waals surface area contributed by atoms with Crippen LogP contribution in [0.25, 0.3) is 11.8 Å². The zero-order chi connectivity index (χ0) is 15.4. The van der Waals surface area contributed by atoms with Crippen LogP contribution in [0.15, 0.2) is 66.9 Å². The molecule has 0 aliphatic carbocycles. The lowest BCUT2D eigenvalue weighted by Gasteiger charge is -1.96. The van der Waals surface area contributed by atoms with Crippen molar-refractivity contribution in [3.8, 4) is 5.69 Å². The molecule has 22 heavy (non-hydrogen) atoms. The van der Waals surface area contributed by atoms with E-state index < -0.39 is 0 Å². The fraction of sp³-hybridized carbons (Fsp3) is 0. The van der Waals surface area contributed by atoms with Gasteiger partial charge in [-0.3, -0.25) is 4.79 Å². The number of benzene rings is 2. The molecule has 0 unspecified atom stereocenters. The standard InChI is InChI=1S/C17H12ClN3O/c18-14-8-6-13(7-9-14)17(22)11-10-15-12-19-21(20-15)16-4-2-1-3-5-16/h1-12H/b11-10+. The summed E-state index contributed by atoms with van der Waals surface area (Å²) in [7, 11) is 0. The lowest BCUT2D eigenvalue weighted by atomic mass is 10.1. The number of nitrogens with zero attached hydrogens (tertiary/aromatic N) is 3. The van der Waals surface area contributed by atoms with Gasteiger partial charge in [-0.1, -0.05) is 29.8 Å². The first-order valence-electron chi connectivity index (χ1n) is 6.68. The summed E-state index contributed by atoms with van der Waals surface area (Å²) in [6.07, 6.45) is 4.73. The van der Waals surface area contributed by atoms with Gasteiger partial charge in [-0.05, 0) is 48.6 Å². The van der Waals surface area contributed by atoms with Gasteiger partial charge >= 0.3 is 0 Å². The Balaban J connectivity index is 1.75. The SMILES string of the molecule is O=C(/C=C/c1cnn(-c2ccccc2)n1)c1ccc(Cl)cc1. The molecule has 0 spiro atoms. The molecule has 0 radical (unpaired) electrons. The molecule has 0 aliphatic heterocycles. The van der Waals surface area contributed by atoms with E-state index >= 15 is 0 Å². The van der Waals surface area contributed by atoms with E-state index in [1.165, 1.54) is 10.9 Å². The van der Waals surface area contributed by atoms with Crippen molar-refractivity contribution >= 4 is 23.5 Å². The molecule has 0 saturated carbocycles. The van der Waals surface area contributed by atoms with Gasteiger partial charge in [0.25, 0.3) is 0 Å². The molecule has 5 heteroatoms. The van der Waals surface area contributed by atoms with E-state index in [2.05, 4.69) is 10.2 Å². The van der Waals surface area contributed by atoms with Gasteiger partial charge in [0.15, 0.2) is 5.78 Å². The molecule has 0 bridgehead atoms. The van der Waals surface area contributed by atoms with Gasteiger partial charge in [-0.25, -0.2) is 0 Å². The summed E-state index contributed by atoms with van der Waals surface area (Å²) < 4.78 is 0. The minimum atomic E-state index is -0.106. The van der Waals surface area contributed by atoms with Crippen molar-refractivity contribution in [3.63, 3.8) is 0 Å². The van der Waals surface area contributed by atoms with Crippen LogP contribution in [0, 0.1) is 0 Å². The molecule has 0 fully saturated rings. The molecule has 3 aromatic rings. The van der Waals surface area contributed by atoms with Gasteiger partial charge in [-0.2, -0.15) is 9.90 Å². The van der Waals surface area contributed by atoms with Crippen LogP contribution in [-0.2, 0) is 0 Å². The van der Waals surface area contributed by atoms with Gasteiger partial charge in [0.1, 0.15) is 5.69 Å². The molecule has 2 aromatic carbocycles. The fourth-order valence-corrected chi connectivity index (χ4v) is 2.03. The van der Waals surface area contributed by atoms with Crippen molar-refractivity contribution < 1.29 is 4.79 Å². The Labute approximate surface area is 132 Å². The zero-order valence-electron chi connectivity index (χ0n) is 11.6. The molecule has 3 rings (SSSR count). The zero-order valence-corrected chi connectivity index (χ0v) is 12.3. The largest absolute Gasteiger partial charge is 0.289 e. The van der Waals surface area contributed by atoms with E-state index in [0.717, 1.165) is 5.69 Å². The van der Waals surface area contributed by atoms with Gasteiger partial charge in [0.2, 0.25) is 0 Å². The van der Waals surface area contributed by atoms with Gasteiger partial charge in [-0.15, -0.1) is 5.10 Å². The number of rotatable bonds is 4. The predicted molar refractivity (Wildman–Crippen MR) is 86.2 cm³/mol. The number of para-hydroxylation sites is 1. The first kappa shape index (κ1) is 14.2. The maximum Gasteiger partial charge on any atom is 0.185 e. The number of aromatic nitrogens is 3. The van der Waals surface area contributed by atoms with Crippen LogP contribution >= 0.6 is 11.6 Å². The van der Waals surface area contributed by atoms with E-state index in [9.17, 15) is 4.79 Å². The number of halogens is 1. The number of carbonyl (C=O) groups is 1. The van der Waals surface area contributed by atoms with Gasteiger partial charge in [0.05, 0.1) is 11.9 Å². The molecule has 1 aromatic heterocycles. The number of allylic oxidation sites excluding steroid dienone is 1. The Morgan fingerprint density at radius 3 is 2.50 bits per heavy atom. The predicted octanol–water partition coefficient (Wildman–Crippen LogP) is 3.82. The van der Waals surface area contributed by atoms with Crippen LogP contribution < -0.4 is 0 Å². The van der Waals surface area contributed by atoms with Crippen LogP contribution in [0.3, 0.4) is 0 Å². The molecule has 0 aliphatic rings. The van der Waals surface area contributed by atoms with E-state index in [4.69, 9.17) is 11.6 Å². The lowest BCUT2D eigenvalue weighted by molar-refractivity contribution is 0.104. The number of ketones is 1. The highest BCUT2D eigenvalue weighted by Crippen LogP contribution is 2.11. The summed E-state index contributed by atoms with van der Waals surface area (Å²) in [4.78, 5) is 13.5. The second-order valence-electron chi connectivity index (χ2n) is 4.60. The van der Waals surface area contributed by atoms with Crippen LogP contribution in [0.2, 0.25) is 5.02 Å². The average molecular weight is 310 g/mol. The molecule has 0 saturated heterocycles. The average Bonchev–Trinajstić information content (AvgIpc) is 3.03. The molecular formula is C17H12ClN3O. The summed E-state index contributed by atoms with van der Waals surface area (Å²) >= 11 is 5.80. The fourth-order valence-electron chi connectivity index (χ4n) is 1.91. The molecule has 0 N–H and O–H groups in total. The topological polar surface area (TPSA) is 47.8 Å². The third-order valence-corrected chi connectivity index (χ3v) is 3.28. The Hall–Kier alpha value is -2.72. The number of hydrogen-bond donors (Lipinski definition) is 0. The van der Waals surface area contributed by atoms with E-state index in [1.54, 1.807) is 36.5 Å². The maximum atomic E-state index is 12.0. The highest BCUT2D eigenvalue weighted by atomic mass is 35.5. The summed E-state index contributed by atoms with van der Waals surface area (Å²) in [5, 5.41) is 9.08. The normalized spacial score (nSPS) is 11.0. The first-order valence-corrected chi connectivity index (χ1v) is 7.06. The molecule has 108 valence electrons. The Kier molecular flexibility index (Phi) is 4.12. The lowest BCUT2D eigenvalue weighted by Crippen LogP contribution is -1.98. The summed E-state index contributed by atoms with van der Waals surface area (Å²) in [5.74, 6) is -0.106. The Morgan fingerprint density at radius 1 is 1.05 bits per heavy atom. The van der Waals surface area contributed by atoms with Crippen molar-refractivity contribution in [1.29, 1.82) is 0 Å². The molecule has 4 nitrogen and oxygen atoms in total. The van der Waals surface area contributed by atoms with Gasteiger partial charge in [0, 0.05) is 10.6 Å². The van der Waals surface area contributed by atoms with Crippen molar-refractivity contribution in [2.24, 2.45) is 0 Å². The minimum Gasteiger partial charge on any atom is -0.289 e. The van der Waals surface area contributed by atoms with E-state index in [-0.39, 0.29) is 5.78 Å². The molecular weight excluding hydrogens is 298 g/mol. The first-order chi connectivity index (χ1) is 10.7. The summed E-state index contributed by atoms with van der Waals surface area (Å²) in [5.41, 5.74) is 2.06. The van der Waals surface area contributed by atoms with Crippen molar-refractivity contribution in [2.75, 3.05) is 0 Å². The van der Waals surface area contributed by atoms with Crippen LogP contribution in [0.5, 0.6) is 0 Å². The highest BCUT2D eigenvalue weighted by molar-refractivity contribution is 6.30. The van der Waals surface area contributed by atoms with E-state index in [1.807, 2.05) is 30.3 Å². The molecule has 1 heterocycles. The van der Waals surface area contributed by atoms with Crippen LogP contribution in [0.4, 0.5) is 0 Å². The quantitative estimate of drug-likeness (QED) is 0.544. The monoisotopic (exact) mass is 309 g/mol. The third-order valence-electron chi connectivity index (χ3n) is 3.03.